The fraction of sp³-hybridized carbons (Fsp3) is 0.227. The Labute approximate surface area is 169 Å². The third-order valence-corrected chi connectivity index (χ3v) is 4.92. The van der Waals surface area contributed by atoms with Gasteiger partial charge in [-0.2, -0.15) is 0 Å². The Hall–Kier alpha value is -3.48. The molecule has 1 aromatic heterocycles. The fourth-order valence-electron chi connectivity index (χ4n) is 3.41. The van der Waals surface area contributed by atoms with Crippen LogP contribution < -0.4 is 10.2 Å². The molecule has 0 atom stereocenters. The Morgan fingerprint density at radius 1 is 1.00 bits per heavy atom. The molecule has 2 heterocycles. The molecule has 0 aliphatic carbocycles. The van der Waals surface area contributed by atoms with Crippen molar-refractivity contribution in [2.45, 2.75) is 6.92 Å². The molecule has 1 fully saturated rings. The van der Waals surface area contributed by atoms with Crippen LogP contribution in [-0.4, -0.2) is 47.0 Å². The van der Waals surface area contributed by atoms with Crippen LogP contribution in [0.15, 0.2) is 60.9 Å². The van der Waals surface area contributed by atoms with Gasteiger partial charge in [0, 0.05) is 43.6 Å². The standard InChI is InChI=1S/C22H22FN5O/c1-16-4-2-7-19(12-16)27-8-10-28(11-9-27)22(29)20-14-21(25-15-24-20)26-18-6-3-5-17(23)13-18/h2-7,12-15H,8-11H2,1H3,(H,24,25,26). The lowest BCUT2D eigenvalue weighted by atomic mass is 10.2. The Morgan fingerprint density at radius 3 is 2.55 bits per heavy atom. The average Bonchev–Trinajstić information content (AvgIpc) is 2.74. The third-order valence-electron chi connectivity index (χ3n) is 4.92. The lowest BCUT2D eigenvalue weighted by Gasteiger charge is -2.36. The van der Waals surface area contributed by atoms with Gasteiger partial charge in [0.25, 0.3) is 5.91 Å². The van der Waals surface area contributed by atoms with E-state index in [4.69, 9.17) is 0 Å². The molecule has 0 saturated carbocycles. The lowest BCUT2D eigenvalue weighted by Crippen LogP contribution is -2.49. The number of piperazine rings is 1. The summed E-state index contributed by atoms with van der Waals surface area (Å²) in [6, 6.07) is 16.1. The van der Waals surface area contributed by atoms with Crippen LogP contribution in [0.1, 0.15) is 16.1 Å². The van der Waals surface area contributed by atoms with Gasteiger partial charge < -0.3 is 15.1 Å². The van der Waals surface area contributed by atoms with E-state index < -0.39 is 0 Å². The maximum Gasteiger partial charge on any atom is 0.272 e. The van der Waals surface area contributed by atoms with Gasteiger partial charge in [0.15, 0.2) is 0 Å². The van der Waals surface area contributed by atoms with E-state index in [-0.39, 0.29) is 11.7 Å². The largest absolute Gasteiger partial charge is 0.368 e. The van der Waals surface area contributed by atoms with Crippen LogP contribution in [0.4, 0.5) is 21.6 Å². The first-order valence-corrected chi connectivity index (χ1v) is 9.54. The highest BCUT2D eigenvalue weighted by Crippen LogP contribution is 2.20. The smallest absolute Gasteiger partial charge is 0.272 e. The maximum atomic E-state index is 13.4. The summed E-state index contributed by atoms with van der Waals surface area (Å²) in [5.74, 6) is -0.0160. The summed E-state index contributed by atoms with van der Waals surface area (Å²) in [5, 5.41) is 3.01. The summed E-state index contributed by atoms with van der Waals surface area (Å²) >= 11 is 0. The van der Waals surface area contributed by atoms with Crippen molar-refractivity contribution in [3.05, 3.63) is 78.0 Å². The molecule has 0 spiro atoms. The molecule has 3 aromatic rings. The molecule has 0 radical (unpaired) electrons. The molecule has 1 aliphatic heterocycles. The topological polar surface area (TPSA) is 61.4 Å². The Morgan fingerprint density at radius 2 is 1.79 bits per heavy atom. The molecule has 1 saturated heterocycles. The predicted molar refractivity (Wildman–Crippen MR) is 111 cm³/mol. The first-order valence-electron chi connectivity index (χ1n) is 9.54. The van der Waals surface area contributed by atoms with E-state index in [1.54, 1.807) is 23.1 Å². The van der Waals surface area contributed by atoms with Gasteiger partial charge in [-0.15, -0.1) is 0 Å². The quantitative estimate of drug-likeness (QED) is 0.736. The number of benzene rings is 2. The summed E-state index contributed by atoms with van der Waals surface area (Å²) in [6.45, 7) is 4.88. The molecule has 148 valence electrons. The number of aryl methyl sites for hydroxylation is 1. The van der Waals surface area contributed by atoms with Crippen molar-refractivity contribution in [2.75, 3.05) is 36.4 Å². The third kappa shape index (κ3) is 4.51. The van der Waals surface area contributed by atoms with Crippen molar-refractivity contribution in [3.63, 3.8) is 0 Å². The Balaban J connectivity index is 1.41. The van der Waals surface area contributed by atoms with E-state index in [0.29, 0.717) is 30.3 Å². The molecule has 1 amide bonds. The van der Waals surface area contributed by atoms with Crippen LogP contribution >= 0.6 is 0 Å². The summed E-state index contributed by atoms with van der Waals surface area (Å²) in [4.78, 5) is 25.2. The van der Waals surface area contributed by atoms with Gasteiger partial charge in [0.05, 0.1) is 0 Å². The first kappa shape index (κ1) is 18.9. The van der Waals surface area contributed by atoms with Gasteiger partial charge in [0.2, 0.25) is 0 Å². The molecule has 1 aliphatic rings. The van der Waals surface area contributed by atoms with Gasteiger partial charge in [-0.25, -0.2) is 14.4 Å². The van der Waals surface area contributed by atoms with E-state index in [1.165, 1.54) is 29.7 Å². The molecule has 4 rings (SSSR count). The molecule has 6 nitrogen and oxygen atoms in total. The van der Waals surface area contributed by atoms with Crippen molar-refractivity contribution >= 4 is 23.1 Å². The predicted octanol–water partition coefficient (Wildman–Crippen LogP) is 3.63. The monoisotopic (exact) mass is 391 g/mol. The number of halogens is 1. The van der Waals surface area contributed by atoms with Crippen LogP contribution in [0.2, 0.25) is 0 Å². The number of rotatable bonds is 4. The van der Waals surface area contributed by atoms with E-state index in [0.717, 1.165) is 13.1 Å². The normalized spacial score (nSPS) is 14.0. The van der Waals surface area contributed by atoms with Crippen LogP contribution in [0.5, 0.6) is 0 Å². The number of aromatic nitrogens is 2. The van der Waals surface area contributed by atoms with Crippen LogP contribution in [-0.2, 0) is 0 Å². The van der Waals surface area contributed by atoms with E-state index in [9.17, 15) is 9.18 Å². The molecule has 2 aromatic carbocycles. The van der Waals surface area contributed by atoms with Crippen LogP contribution in [0, 0.1) is 12.7 Å². The second-order valence-corrected chi connectivity index (χ2v) is 7.04. The minimum atomic E-state index is -0.341. The van der Waals surface area contributed by atoms with Crippen molar-refractivity contribution < 1.29 is 9.18 Å². The second kappa shape index (κ2) is 8.26. The fourth-order valence-corrected chi connectivity index (χ4v) is 3.41. The van der Waals surface area contributed by atoms with Crippen LogP contribution in [0.3, 0.4) is 0 Å². The number of carbonyl (C=O) groups excluding carboxylic acids is 1. The number of hydrogen-bond acceptors (Lipinski definition) is 5. The van der Waals surface area contributed by atoms with Gasteiger partial charge in [-0.3, -0.25) is 4.79 Å². The number of carbonyl (C=O) groups is 1. The molecule has 7 heteroatoms. The SMILES string of the molecule is Cc1cccc(N2CCN(C(=O)c3cc(Nc4cccc(F)c4)ncn3)CC2)c1. The zero-order valence-electron chi connectivity index (χ0n) is 16.2. The number of amides is 1. The molecule has 0 unspecified atom stereocenters. The summed E-state index contributed by atoms with van der Waals surface area (Å²) in [6.07, 6.45) is 1.35. The lowest BCUT2D eigenvalue weighted by molar-refractivity contribution is 0.0740. The number of nitrogens with one attached hydrogen (secondary N) is 1. The minimum absolute atomic E-state index is 0.126. The van der Waals surface area contributed by atoms with Crippen LogP contribution in [0.25, 0.3) is 0 Å². The summed E-state index contributed by atoms with van der Waals surface area (Å²) < 4.78 is 13.4. The highest BCUT2D eigenvalue weighted by atomic mass is 19.1. The van der Waals surface area contributed by atoms with Crippen molar-refractivity contribution in [1.29, 1.82) is 0 Å². The molecular weight excluding hydrogens is 369 g/mol. The highest BCUT2D eigenvalue weighted by molar-refractivity contribution is 5.93. The summed E-state index contributed by atoms with van der Waals surface area (Å²) in [5.41, 5.74) is 3.29. The van der Waals surface area contributed by atoms with Crippen molar-refractivity contribution in [3.8, 4) is 0 Å². The first-order chi connectivity index (χ1) is 14.1. The Kier molecular flexibility index (Phi) is 5.37. The number of hydrogen-bond donors (Lipinski definition) is 1. The molecule has 0 bridgehead atoms. The van der Waals surface area contributed by atoms with Gasteiger partial charge in [-0.1, -0.05) is 18.2 Å². The number of anilines is 3. The molecular formula is C22H22FN5O. The highest BCUT2D eigenvalue weighted by Gasteiger charge is 2.23. The molecule has 29 heavy (non-hydrogen) atoms. The minimum Gasteiger partial charge on any atom is -0.368 e. The average molecular weight is 391 g/mol. The Bertz CT molecular complexity index is 1020. The van der Waals surface area contributed by atoms with Crippen molar-refractivity contribution in [2.24, 2.45) is 0 Å². The second-order valence-electron chi connectivity index (χ2n) is 7.04. The van der Waals surface area contributed by atoms with E-state index in [2.05, 4.69) is 51.4 Å². The maximum absolute atomic E-state index is 13.4. The van der Waals surface area contributed by atoms with Gasteiger partial charge in [-0.05, 0) is 42.8 Å². The summed E-state index contributed by atoms with van der Waals surface area (Å²) in [7, 11) is 0. The van der Waals surface area contributed by atoms with E-state index in [1.807, 2.05) is 0 Å². The zero-order chi connectivity index (χ0) is 20.2. The van der Waals surface area contributed by atoms with Gasteiger partial charge in [0.1, 0.15) is 23.7 Å². The van der Waals surface area contributed by atoms with Gasteiger partial charge >= 0.3 is 0 Å². The van der Waals surface area contributed by atoms with E-state index >= 15 is 0 Å². The van der Waals surface area contributed by atoms with Crippen molar-refractivity contribution in [1.82, 2.24) is 14.9 Å². The molecule has 1 N–H and O–H groups in total. The number of nitrogens with zero attached hydrogens (tertiary/aromatic N) is 4. The zero-order valence-corrected chi connectivity index (χ0v) is 16.2.